The molecular formula is C14H20ClN3O3. The Bertz CT molecular complexity index is 573. The van der Waals surface area contributed by atoms with Crippen LogP contribution >= 0.6 is 11.6 Å². The SMILES string of the molecule is COC(=O)Cn1ncc(NC2CCCCC2C)c(Cl)c1=O. The van der Waals surface area contributed by atoms with Gasteiger partial charge in [0.2, 0.25) is 0 Å². The van der Waals surface area contributed by atoms with E-state index in [9.17, 15) is 9.59 Å². The van der Waals surface area contributed by atoms with Crippen LogP contribution in [-0.4, -0.2) is 28.9 Å². The number of ether oxygens (including phenoxy) is 1. The zero-order valence-electron chi connectivity index (χ0n) is 12.3. The van der Waals surface area contributed by atoms with Crippen LogP contribution in [0.5, 0.6) is 0 Å². The number of halogens is 1. The van der Waals surface area contributed by atoms with Gasteiger partial charge < -0.3 is 10.1 Å². The average molecular weight is 314 g/mol. The predicted molar refractivity (Wildman–Crippen MR) is 80.6 cm³/mol. The molecule has 2 atom stereocenters. The molecule has 116 valence electrons. The minimum absolute atomic E-state index is 0.0617. The fourth-order valence-corrected chi connectivity index (χ4v) is 2.80. The summed E-state index contributed by atoms with van der Waals surface area (Å²) >= 11 is 6.10. The molecular weight excluding hydrogens is 294 g/mol. The highest BCUT2D eigenvalue weighted by molar-refractivity contribution is 6.32. The van der Waals surface area contributed by atoms with Gasteiger partial charge >= 0.3 is 5.97 Å². The Morgan fingerprint density at radius 3 is 2.90 bits per heavy atom. The van der Waals surface area contributed by atoms with Crippen LogP contribution in [0.2, 0.25) is 5.02 Å². The van der Waals surface area contributed by atoms with E-state index in [1.807, 2.05) is 0 Å². The molecule has 0 amide bonds. The zero-order chi connectivity index (χ0) is 15.4. The molecule has 0 radical (unpaired) electrons. The van der Waals surface area contributed by atoms with Gasteiger partial charge in [0.1, 0.15) is 11.6 Å². The smallest absolute Gasteiger partial charge is 0.327 e. The second-order valence-corrected chi connectivity index (χ2v) is 5.80. The topological polar surface area (TPSA) is 73.2 Å². The number of carbonyl (C=O) groups excluding carboxylic acids is 1. The molecule has 1 fully saturated rings. The van der Waals surface area contributed by atoms with E-state index in [1.54, 1.807) is 0 Å². The molecule has 1 aromatic heterocycles. The number of carbonyl (C=O) groups is 1. The highest BCUT2D eigenvalue weighted by atomic mass is 35.5. The van der Waals surface area contributed by atoms with Crippen molar-refractivity contribution in [2.45, 2.75) is 45.2 Å². The van der Waals surface area contributed by atoms with E-state index in [4.69, 9.17) is 11.6 Å². The lowest BCUT2D eigenvalue weighted by Crippen LogP contribution is -2.33. The number of esters is 1. The van der Waals surface area contributed by atoms with Crippen molar-refractivity contribution >= 4 is 23.3 Å². The Hall–Kier alpha value is -1.56. The zero-order valence-corrected chi connectivity index (χ0v) is 13.0. The van der Waals surface area contributed by atoms with Crippen LogP contribution in [0.1, 0.15) is 32.6 Å². The molecule has 0 saturated heterocycles. The standard InChI is InChI=1S/C14H20ClN3O3/c1-9-5-3-4-6-10(9)17-11-7-16-18(8-12(19)21-2)14(20)13(11)15/h7,9-10,17H,3-6,8H2,1-2H3. The molecule has 1 heterocycles. The minimum Gasteiger partial charge on any atom is -0.468 e. The minimum atomic E-state index is -0.540. The van der Waals surface area contributed by atoms with Crippen molar-refractivity contribution in [2.24, 2.45) is 5.92 Å². The van der Waals surface area contributed by atoms with Gasteiger partial charge in [-0.2, -0.15) is 5.10 Å². The number of methoxy groups -OCH3 is 1. The summed E-state index contributed by atoms with van der Waals surface area (Å²) in [7, 11) is 1.26. The Labute approximate surface area is 128 Å². The van der Waals surface area contributed by atoms with E-state index in [2.05, 4.69) is 22.1 Å². The molecule has 0 spiro atoms. The highest BCUT2D eigenvalue weighted by Gasteiger charge is 2.22. The first-order chi connectivity index (χ1) is 10.0. The molecule has 1 aromatic rings. The van der Waals surface area contributed by atoms with E-state index in [1.165, 1.54) is 32.6 Å². The Morgan fingerprint density at radius 1 is 1.52 bits per heavy atom. The second-order valence-electron chi connectivity index (χ2n) is 5.42. The summed E-state index contributed by atoms with van der Waals surface area (Å²) < 4.78 is 5.52. The molecule has 1 saturated carbocycles. The van der Waals surface area contributed by atoms with Crippen LogP contribution in [0.25, 0.3) is 0 Å². The number of aromatic nitrogens is 2. The fourth-order valence-electron chi connectivity index (χ4n) is 2.60. The van der Waals surface area contributed by atoms with Gasteiger partial charge in [-0.1, -0.05) is 31.4 Å². The van der Waals surface area contributed by atoms with Crippen LogP contribution < -0.4 is 10.9 Å². The predicted octanol–water partition coefficient (Wildman–Crippen LogP) is 2.06. The van der Waals surface area contributed by atoms with Crippen molar-refractivity contribution in [3.8, 4) is 0 Å². The summed E-state index contributed by atoms with van der Waals surface area (Å²) in [6.07, 6.45) is 6.14. The summed E-state index contributed by atoms with van der Waals surface area (Å²) in [4.78, 5) is 23.3. The Kier molecular flexibility index (Phi) is 5.22. The summed E-state index contributed by atoms with van der Waals surface area (Å²) in [5.41, 5.74) is 0.0389. The van der Waals surface area contributed by atoms with E-state index < -0.39 is 11.5 Å². The van der Waals surface area contributed by atoms with Crippen molar-refractivity contribution in [2.75, 3.05) is 12.4 Å². The van der Waals surface area contributed by atoms with Crippen LogP contribution in [0.4, 0.5) is 5.69 Å². The van der Waals surface area contributed by atoms with Crippen molar-refractivity contribution in [1.82, 2.24) is 9.78 Å². The fraction of sp³-hybridized carbons (Fsp3) is 0.643. The van der Waals surface area contributed by atoms with Gasteiger partial charge in [-0.05, 0) is 18.8 Å². The summed E-state index contributed by atoms with van der Waals surface area (Å²) in [5, 5.41) is 7.35. The van der Waals surface area contributed by atoms with Gasteiger partial charge in [0.05, 0.1) is 19.0 Å². The molecule has 7 heteroatoms. The first-order valence-electron chi connectivity index (χ1n) is 7.12. The first-order valence-corrected chi connectivity index (χ1v) is 7.49. The highest BCUT2D eigenvalue weighted by Crippen LogP contribution is 2.28. The van der Waals surface area contributed by atoms with E-state index in [0.717, 1.165) is 11.1 Å². The molecule has 1 N–H and O–H groups in total. The van der Waals surface area contributed by atoms with Crippen molar-refractivity contribution in [3.05, 3.63) is 21.6 Å². The third kappa shape index (κ3) is 3.75. The van der Waals surface area contributed by atoms with Crippen LogP contribution in [0.3, 0.4) is 0 Å². The van der Waals surface area contributed by atoms with E-state index in [0.29, 0.717) is 17.6 Å². The molecule has 0 bridgehead atoms. The van der Waals surface area contributed by atoms with Gasteiger partial charge in [-0.3, -0.25) is 9.59 Å². The van der Waals surface area contributed by atoms with Gasteiger partial charge in [-0.15, -0.1) is 0 Å². The number of hydrogen-bond acceptors (Lipinski definition) is 5. The summed E-state index contributed by atoms with van der Waals surface area (Å²) in [6, 6.07) is 0.300. The number of nitrogens with zero attached hydrogens (tertiary/aromatic N) is 2. The average Bonchev–Trinajstić information content (AvgIpc) is 2.48. The monoisotopic (exact) mass is 313 g/mol. The van der Waals surface area contributed by atoms with E-state index >= 15 is 0 Å². The van der Waals surface area contributed by atoms with Crippen molar-refractivity contribution in [1.29, 1.82) is 0 Å². The normalized spacial score (nSPS) is 21.9. The molecule has 1 aliphatic carbocycles. The lowest BCUT2D eigenvalue weighted by molar-refractivity contribution is -0.141. The quantitative estimate of drug-likeness (QED) is 0.861. The maximum Gasteiger partial charge on any atom is 0.327 e. The molecule has 21 heavy (non-hydrogen) atoms. The largest absolute Gasteiger partial charge is 0.468 e. The lowest BCUT2D eigenvalue weighted by atomic mass is 9.86. The maximum atomic E-state index is 12.1. The summed E-state index contributed by atoms with van der Waals surface area (Å²) in [5.74, 6) is -0.00500. The van der Waals surface area contributed by atoms with Gasteiger partial charge in [0.25, 0.3) is 5.56 Å². The Morgan fingerprint density at radius 2 is 2.24 bits per heavy atom. The number of hydrogen-bond donors (Lipinski definition) is 1. The number of anilines is 1. The van der Waals surface area contributed by atoms with Gasteiger partial charge in [0, 0.05) is 6.04 Å². The molecule has 6 nitrogen and oxygen atoms in total. The maximum absolute atomic E-state index is 12.1. The third-order valence-corrected chi connectivity index (χ3v) is 4.31. The van der Waals surface area contributed by atoms with Gasteiger partial charge in [0.15, 0.2) is 0 Å². The van der Waals surface area contributed by atoms with Crippen molar-refractivity contribution < 1.29 is 9.53 Å². The lowest BCUT2D eigenvalue weighted by Gasteiger charge is -2.30. The molecule has 2 unspecified atom stereocenters. The van der Waals surface area contributed by atoms with E-state index in [-0.39, 0.29) is 11.6 Å². The first kappa shape index (κ1) is 15.8. The second kappa shape index (κ2) is 6.93. The van der Waals surface area contributed by atoms with Gasteiger partial charge in [-0.25, -0.2) is 4.68 Å². The molecule has 1 aliphatic rings. The molecule has 2 rings (SSSR count). The van der Waals surface area contributed by atoms with Crippen molar-refractivity contribution in [3.63, 3.8) is 0 Å². The number of rotatable bonds is 4. The van der Waals surface area contributed by atoms with Crippen LogP contribution in [-0.2, 0) is 16.1 Å². The van der Waals surface area contributed by atoms with Crippen LogP contribution in [0.15, 0.2) is 11.0 Å². The molecule has 0 aromatic carbocycles. The Balaban J connectivity index is 2.16. The third-order valence-electron chi connectivity index (χ3n) is 3.94. The molecule has 0 aliphatic heterocycles. The van der Waals surface area contributed by atoms with Crippen LogP contribution in [0, 0.1) is 5.92 Å². The summed E-state index contributed by atoms with van der Waals surface area (Å²) in [6.45, 7) is 1.95. The number of nitrogens with one attached hydrogen (secondary N) is 1.